The normalized spacial score (nSPS) is 11.4. The van der Waals surface area contributed by atoms with E-state index in [0.717, 1.165) is 41.4 Å². The van der Waals surface area contributed by atoms with Gasteiger partial charge in [0.1, 0.15) is 0 Å². The van der Waals surface area contributed by atoms with E-state index in [9.17, 15) is 4.79 Å². The third-order valence-corrected chi connectivity index (χ3v) is 5.83. The minimum atomic E-state index is -0.0995. The number of likely N-dealkylation sites (N-methyl/N-ethyl adjacent to an activating group) is 1. The van der Waals surface area contributed by atoms with Crippen LogP contribution >= 0.6 is 11.3 Å². The molecule has 0 radical (unpaired) electrons. The van der Waals surface area contributed by atoms with Gasteiger partial charge in [0.15, 0.2) is 10.8 Å². The number of hydrogen-bond acceptors (Lipinski definition) is 5. The number of thiazole rings is 1. The Morgan fingerprint density at radius 1 is 1.15 bits per heavy atom. The first-order valence-electron chi connectivity index (χ1n) is 9.49. The third-order valence-electron chi connectivity index (χ3n) is 4.79. The van der Waals surface area contributed by atoms with Crippen molar-refractivity contribution in [2.45, 2.75) is 27.2 Å². The van der Waals surface area contributed by atoms with E-state index in [1.807, 2.05) is 13.1 Å². The fraction of sp³-hybridized carbons (Fsp3) is 0.450. The van der Waals surface area contributed by atoms with Gasteiger partial charge in [-0.05, 0) is 43.3 Å². The lowest BCUT2D eigenvalue weighted by Gasteiger charge is -2.24. The van der Waals surface area contributed by atoms with Crippen LogP contribution in [0.2, 0.25) is 0 Å². The molecule has 7 heteroatoms. The number of amides is 1. The van der Waals surface area contributed by atoms with Gasteiger partial charge in [-0.2, -0.15) is 5.10 Å². The molecule has 2 heterocycles. The van der Waals surface area contributed by atoms with Gasteiger partial charge in [-0.15, -0.1) is 0 Å². The van der Waals surface area contributed by atoms with Gasteiger partial charge in [-0.25, -0.2) is 4.98 Å². The van der Waals surface area contributed by atoms with Gasteiger partial charge in [0.25, 0.3) is 5.91 Å². The Morgan fingerprint density at radius 2 is 1.93 bits per heavy atom. The molecule has 0 saturated carbocycles. The number of aryl methyl sites for hydroxylation is 2. The topological polar surface area (TPSA) is 54.3 Å². The number of carbonyl (C=O) groups is 1. The maximum Gasteiger partial charge on any atom is 0.280 e. The minimum absolute atomic E-state index is 0.0995. The molecule has 0 saturated heterocycles. The molecule has 3 rings (SSSR count). The molecular weight excluding hydrogens is 358 g/mol. The quantitative estimate of drug-likeness (QED) is 0.595. The number of nitrogens with zero attached hydrogens (tertiary/aromatic N) is 5. The van der Waals surface area contributed by atoms with Crippen LogP contribution in [-0.2, 0) is 13.5 Å². The zero-order valence-electron chi connectivity index (χ0n) is 16.5. The van der Waals surface area contributed by atoms with E-state index in [2.05, 4.69) is 42.9 Å². The molecule has 0 spiro atoms. The number of carbonyl (C=O) groups excluding carboxylic acids is 1. The smallest absolute Gasteiger partial charge is 0.280 e. The molecule has 0 atom stereocenters. The van der Waals surface area contributed by atoms with Gasteiger partial charge >= 0.3 is 0 Å². The summed E-state index contributed by atoms with van der Waals surface area (Å²) in [5, 5.41) is 5.03. The number of hydrogen-bond donors (Lipinski definition) is 0. The van der Waals surface area contributed by atoms with Crippen LogP contribution in [0.15, 0.2) is 30.5 Å². The Balaban J connectivity index is 1.94. The lowest BCUT2D eigenvalue weighted by atomic mass is 10.2. The summed E-state index contributed by atoms with van der Waals surface area (Å²) < 4.78 is 2.77. The van der Waals surface area contributed by atoms with Crippen molar-refractivity contribution >= 4 is 32.6 Å². The highest BCUT2D eigenvalue weighted by molar-refractivity contribution is 7.22. The fourth-order valence-corrected chi connectivity index (χ4v) is 4.08. The molecule has 0 fully saturated rings. The summed E-state index contributed by atoms with van der Waals surface area (Å²) in [4.78, 5) is 22.0. The van der Waals surface area contributed by atoms with Crippen molar-refractivity contribution in [2.24, 2.45) is 7.05 Å². The van der Waals surface area contributed by atoms with Gasteiger partial charge in [-0.3, -0.25) is 14.4 Å². The van der Waals surface area contributed by atoms with Crippen molar-refractivity contribution in [1.82, 2.24) is 19.7 Å². The predicted octanol–water partition coefficient (Wildman–Crippen LogP) is 3.58. The molecule has 1 aromatic carbocycles. The molecular formula is C20H27N5OS. The first-order chi connectivity index (χ1) is 13.0. The highest BCUT2D eigenvalue weighted by Gasteiger charge is 2.23. The monoisotopic (exact) mass is 385 g/mol. The summed E-state index contributed by atoms with van der Waals surface area (Å²) in [6.07, 6.45) is 2.78. The second-order valence-electron chi connectivity index (χ2n) is 6.51. The van der Waals surface area contributed by atoms with E-state index in [-0.39, 0.29) is 5.91 Å². The Kier molecular flexibility index (Phi) is 6.23. The average Bonchev–Trinajstić information content (AvgIpc) is 3.30. The van der Waals surface area contributed by atoms with Gasteiger partial charge in [0.05, 0.1) is 10.2 Å². The summed E-state index contributed by atoms with van der Waals surface area (Å²) in [6.45, 7) is 9.74. The van der Waals surface area contributed by atoms with E-state index in [1.165, 1.54) is 5.56 Å². The summed E-state index contributed by atoms with van der Waals surface area (Å²) in [7, 11) is 1.82. The molecule has 27 heavy (non-hydrogen) atoms. The van der Waals surface area contributed by atoms with E-state index >= 15 is 0 Å². The second-order valence-corrected chi connectivity index (χ2v) is 7.52. The average molecular weight is 386 g/mol. The maximum atomic E-state index is 13.1. The fourth-order valence-electron chi connectivity index (χ4n) is 3.02. The Labute approximate surface area is 164 Å². The highest BCUT2D eigenvalue weighted by atomic mass is 32.1. The van der Waals surface area contributed by atoms with Crippen LogP contribution in [-0.4, -0.2) is 51.8 Å². The number of rotatable bonds is 8. The van der Waals surface area contributed by atoms with Crippen molar-refractivity contribution in [3.8, 4) is 0 Å². The Morgan fingerprint density at radius 3 is 2.56 bits per heavy atom. The molecule has 0 aliphatic heterocycles. The number of aromatic nitrogens is 3. The first-order valence-corrected chi connectivity index (χ1v) is 10.3. The molecule has 0 aliphatic carbocycles. The van der Waals surface area contributed by atoms with E-state index < -0.39 is 0 Å². The van der Waals surface area contributed by atoms with Crippen molar-refractivity contribution in [3.05, 3.63) is 41.7 Å². The zero-order valence-corrected chi connectivity index (χ0v) is 17.3. The van der Waals surface area contributed by atoms with Crippen LogP contribution in [0, 0.1) is 0 Å². The third kappa shape index (κ3) is 4.36. The van der Waals surface area contributed by atoms with Crippen LogP contribution in [0.3, 0.4) is 0 Å². The van der Waals surface area contributed by atoms with Gasteiger partial charge in [0.2, 0.25) is 0 Å². The molecule has 0 unspecified atom stereocenters. The summed E-state index contributed by atoms with van der Waals surface area (Å²) in [6, 6.07) is 8.08. The lowest BCUT2D eigenvalue weighted by molar-refractivity contribution is 0.0978. The van der Waals surface area contributed by atoms with Crippen molar-refractivity contribution in [2.75, 3.05) is 31.1 Å². The molecule has 3 aromatic rings. The summed E-state index contributed by atoms with van der Waals surface area (Å²) in [5.41, 5.74) is 2.67. The predicted molar refractivity (Wildman–Crippen MR) is 112 cm³/mol. The first kappa shape index (κ1) is 19.5. The zero-order chi connectivity index (χ0) is 19.4. The summed E-state index contributed by atoms with van der Waals surface area (Å²) in [5.74, 6) is -0.0995. The number of anilines is 1. The van der Waals surface area contributed by atoms with Crippen LogP contribution in [0.5, 0.6) is 0 Å². The van der Waals surface area contributed by atoms with Gasteiger partial charge < -0.3 is 4.90 Å². The van der Waals surface area contributed by atoms with Gasteiger partial charge in [-0.1, -0.05) is 38.2 Å². The minimum Gasteiger partial charge on any atom is -0.302 e. The Hall–Kier alpha value is -2.25. The van der Waals surface area contributed by atoms with Crippen LogP contribution in [0.4, 0.5) is 5.13 Å². The van der Waals surface area contributed by atoms with Crippen LogP contribution < -0.4 is 4.90 Å². The van der Waals surface area contributed by atoms with Crippen molar-refractivity contribution in [1.29, 1.82) is 0 Å². The molecule has 2 aromatic heterocycles. The molecule has 1 amide bonds. The van der Waals surface area contributed by atoms with E-state index in [4.69, 9.17) is 4.98 Å². The van der Waals surface area contributed by atoms with Crippen molar-refractivity contribution < 1.29 is 4.79 Å². The second kappa shape index (κ2) is 8.63. The molecule has 0 aliphatic rings. The van der Waals surface area contributed by atoms with Crippen LogP contribution in [0.1, 0.15) is 36.8 Å². The molecule has 144 valence electrons. The summed E-state index contributed by atoms with van der Waals surface area (Å²) >= 11 is 1.57. The van der Waals surface area contributed by atoms with Crippen molar-refractivity contribution in [3.63, 3.8) is 0 Å². The van der Waals surface area contributed by atoms with E-state index in [1.54, 1.807) is 33.2 Å². The maximum absolute atomic E-state index is 13.1. The van der Waals surface area contributed by atoms with E-state index in [0.29, 0.717) is 12.2 Å². The highest BCUT2D eigenvalue weighted by Crippen LogP contribution is 2.30. The molecule has 0 bridgehead atoms. The number of fused-ring (bicyclic) bond motifs is 1. The SMILES string of the molecule is CCc1ccc2nc(N(CCN(CC)CC)C(=O)c3ccn(C)n3)sc2c1. The molecule has 6 nitrogen and oxygen atoms in total. The lowest BCUT2D eigenvalue weighted by Crippen LogP contribution is -2.39. The van der Waals surface area contributed by atoms with Crippen LogP contribution in [0.25, 0.3) is 10.2 Å². The molecule has 0 N–H and O–H groups in total. The standard InChI is InChI=1S/C20H27N5OS/c1-5-15-8-9-16-18(14-15)27-20(21-16)25(13-12-24(6-2)7-3)19(26)17-10-11-23(4)22-17/h8-11,14H,5-7,12-13H2,1-4H3. The number of benzene rings is 1. The van der Waals surface area contributed by atoms with Gasteiger partial charge in [0, 0.05) is 26.3 Å². The Bertz CT molecular complexity index is 912. The largest absolute Gasteiger partial charge is 0.302 e.